The molecule has 0 spiro atoms. The van der Waals surface area contributed by atoms with Gasteiger partial charge in [-0.1, -0.05) is 109 Å². The SMILES string of the molecule is c1ccc(-c2nc(-c3ccccc3)nc(-c3ccc4c(ccc5ccccc54)c3)n2)cc1. The van der Waals surface area contributed by atoms with E-state index in [1.54, 1.807) is 0 Å². The summed E-state index contributed by atoms with van der Waals surface area (Å²) < 4.78 is 0. The van der Waals surface area contributed by atoms with Crippen LogP contribution < -0.4 is 0 Å². The first kappa shape index (κ1) is 18.4. The molecule has 150 valence electrons. The van der Waals surface area contributed by atoms with Gasteiger partial charge >= 0.3 is 0 Å². The minimum absolute atomic E-state index is 0.674. The first-order chi connectivity index (χ1) is 15.8. The molecule has 6 aromatic rings. The lowest BCUT2D eigenvalue weighted by Gasteiger charge is -2.10. The van der Waals surface area contributed by atoms with Crippen LogP contribution in [-0.2, 0) is 0 Å². The molecule has 0 unspecified atom stereocenters. The fourth-order valence-electron chi connectivity index (χ4n) is 4.09. The summed E-state index contributed by atoms with van der Waals surface area (Å²) in [5, 5.41) is 4.89. The van der Waals surface area contributed by atoms with Crippen molar-refractivity contribution in [3.63, 3.8) is 0 Å². The Bertz CT molecular complexity index is 1500. The normalized spacial score (nSPS) is 11.1. The Morgan fingerprint density at radius 1 is 0.344 bits per heavy atom. The maximum atomic E-state index is 4.85. The van der Waals surface area contributed by atoms with Crippen LogP contribution in [0.15, 0.2) is 115 Å². The van der Waals surface area contributed by atoms with Crippen molar-refractivity contribution in [2.24, 2.45) is 0 Å². The Morgan fingerprint density at radius 2 is 0.844 bits per heavy atom. The number of nitrogens with zero attached hydrogens (tertiary/aromatic N) is 3. The fourth-order valence-corrected chi connectivity index (χ4v) is 4.09. The van der Waals surface area contributed by atoms with Gasteiger partial charge in [-0.25, -0.2) is 15.0 Å². The van der Waals surface area contributed by atoms with E-state index in [4.69, 9.17) is 15.0 Å². The third-order valence-corrected chi connectivity index (χ3v) is 5.70. The summed E-state index contributed by atoms with van der Waals surface area (Å²) in [5.41, 5.74) is 2.92. The molecule has 0 saturated carbocycles. The van der Waals surface area contributed by atoms with Crippen molar-refractivity contribution in [3.05, 3.63) is 115 Å². The smallest absolute Gasteiger partial charge is 0.164 e. The molecule has 0 saturated heterocycles. The van der Waals surface area contributed by atoms with Gasteiger partial charge in [0.2, 0.25) is 0 Å². The Hall–Kier alpha value is -4.37. The van der Waals surface area contributed by atoms with Crippen molar-refractivity contribution >= 4 is 21.5 Å². The molecular weight excluding hydrogens is 390 g/mol. The molecule has 1 aromatic heterocycles. The first-order valence-electron chi connectivity index (χ1n) is 10.6. The van der Waals surface area contributed by atoms with Gasteiger partial charge in [0.15, 0.2) is 17.5 Å². The standard InChI is InChI=1S/C29H19N3/c1-3-10-21(11-4-1)27-30-28(22-12-5-2-6-13-22)32-29(31-27)24-17-18-26-23(19-24)16-15-20-9-7-8-14-25(20)26/h1-19H. The lowest BCUT2D eigenvalue weighted by molar-refractivity contribution is 1.07. The van der Waals surface area contributed by atoms with Crippen molar-refractivity contribution in [1.29, 1.82) is 0 Å². The van der Waals surface area contributed by atoms with Gasteiger partial charge in [0.1, 0.15) is 0 Å². The zero-order valence-electron chi connectivity index (χ0n) is 17.3. The van der Waals surface area contributed by atoms with E-state index in [9.17, 15) is 0 Å². The number of benzene rings is 5. The van der Waals surface area contributed by atoms with E-state index in [-0.39, 0.29) is 0 Å². The molecule has 0 fully saturated rings. The van der Waals surface area contributed by atoms with Crippen molar-refractivity contribution in [1.82, 2.24) is 15.0 Å². The number of rotatable bonds is 3. The van der Waals surface area contributed by atoms with Crippen LogP contribution in [0, 0.1) is 0 Å². The highest BCUT2D eigenvalue weighted by Crippen LogP contribution is 2.30. The Labute approximate surface area is 186 Å². The molecule has 0 radical (unpaired) electrons. The van der Waals surface area contributed by atoms with E-state index in [0.717, 1.165) is 16.7 Å². The molecule has 1 heterocycles. The number of hydrogen-bond acceptors (Lipinski definition) is 3. The van der Waals surface area contributed by atoms with E-state index in [1.807, 2.05) is 60.7 Å². The van der Waals surface area contributed by atoms with Gasteiger partial charge in [-0.15, -0.1) is 0 Å². The highest BCUT2D eigenvalue weighted by molar-refractivity contribution is 6.08. The van der Waals surface area contributed by atoms with Crippen LogP contribution in [0.3, 0.4) is 0 Å². The summed E-state index contributed by atoms with van der Waals surface area (Å²) in [7, 11) is 0. The topological polar surface area (TPSA) is 38.7 Å². The second-order valence-corrected chi connectivity index (χ2v) is 7.76. The molecule has 0 aliphatic rings. The van der Waals surface area contributed by atoms with Crippen LogP contribution in [0.4, 0.5) is 0 Å². The largest absolute Gasteiger partial charge is 0.208 e. The third-order valence-electron chi connectivity index (χ3n) is 5.70. The van der Waals surface area contributed by atoms with Crippen LogP contribution in [0.1, 0.15) is 0 Å². The van der Waals surface area contributed by atoms with E-state index >= 15 is 0 Å². The zero-order valence-corrected chi connectivity index (χ0v) is 17.3. The van der Waals surface area contributed by atoms with Gasteiger partial charge in [0.05, 0.1) is 0 Å². The summed E-state index contributed by atoms with van der Waals surface area (Å²) >= 11 is 0. The number of fused-ring (bicyclic) bond motifs is 3. The van der Waals surface area contributed by atoms with Crippen molar-refractivity contribution in [3.8, 4) is 34.2 Å². The van der Waals surface area contributed by atoms with E-state index in [2.05, 4.69) is 54.6 Å². The van der Waals surface area contributed by atoms with Gasteiger partial charge in [0.25, 0.3) is 0 Å². The molecule has 0 atom stereocenters. The van der Waals surface area contributed by atoms with Crippen LogP contribution in [-0.4, -0.2) is 15.0 Å². The molecule has 0 aliphatic carbocycles. The maximum absolute atomic E-state index is 4.85. The first-order valence-corrected chi connectivity index (χ1v) is 10.6. The minimum atomic E-state index is 0.674. The second-order valence-electron chi connectivity index (χ2n) is 7.76. The van der Waals surface area contributed by atoms with Crippen molar-refractivity contribution in [2.45, 2.75) is 0 Å². The van der Waals surface area contributed by atoms with Crippen molar-refractivity contribution < 1.29 is 0 Å². The molecule has 0 aliphatic heterocycles. The summed E-state index contributed by atoms with van der Waals surface area (Å²) in [6.45, 7) is 0. The maximum Gasteiger partial charge on any atom is 0.164 e. The second kappa shape index (κ2) is 7.71. The van der Waals surface area contributed by atoms with Crippen molar-refractivity contribution in [2.75, 3.05) is 0 Å². The minimum Gasteiger partial charge on any atom is -0.208 e. The third kappa shape index (κ3) is 3.30. The quantitative estimate of drug-likeness (QED) is 0.291. The van der Waals surface area contributed by atoms with E-state index in [1.165, 1.54) is 21.5 Å². The average Bonchev–Trinajstić information content (AvgIpc) is 2.89. The predicted molar refractivity (Wildman–Crippen MR) is 131 cm³/mol. The van der Waals surface area contributed by atoms with Gasteiger partial charge in [-0.3, -0.25) is 0 Å². The summed E-state index contributed by atoms with van der Waals surface area (Å²) in [5.74, 6) is 2.02. The Morgan fingerprint density at radius 3 is 1.50 bits per heavy atom. The average molecular weight is 409 g/mol. The lowest BCUT2D eigenvalue weighted by atomic mass is 10.00. The number of hydrogen-bond donors (Lipinski definition) is 0. The molecule has 0 bridgehead atoms. The van der Waals surface area contributed by atoms with E-state index < -0.39 is 0 Å². The molecule has 0 N–H and O–H groups in total. The van der Waals surface area contributed by atoms with Gasteiger partial charge < -0.3 is 0 Å². The molecule has 32 heavy (non-hydrogen) atoms. The Kier molecular flexibility index (Phi) is 4.43. The van der Waals surface area contributed by atoms with Gasteiger partial charge in [0, 0.05) is 16.7 Å². The molecule has 5 aromatic carbocycles. The monoisotopic (exact) mass is 409 g/mol. The van der Waals surface area contributed by atoms with Gasteiger partial charge in [-0.2, -0.15) is 0 Å². The molecular formula is C29H19N3. The van der Waals surface area contributed by atoms with E-state index in [0.29, 0.717) is 17.5 Å². The highest BCUT2D eigenvalue weighted by atomic mass is 15.0. The fraction of sp³-hybridized carbons (Fsp3) is 0. The molecule has 3 nitrogen and oxygen atoms in total. The summed E-state index contributed by atoms with van der Waals surface area (Å²) in [4.78, 5) is 14.5. The van der Waals surface area contributed by atoms with Crippen LogP contribution in [0.25, 0.3) is 55.7 Å². The van der Waals surface area contributed by atoms with Crippen LogP contribution >= 0.6 is 0 Å². The lowest BCUT2D eigenvalue weighted by Crippen LogP contribution is -2.00. The van der Waals surface area contributed by atoms with Gasteiger partial charge in [-0.05, 0) is 27.6 Å². The zero-order chi connectivity index (χ0) is 21.3. The van der Waals surface area contributed by atoms with Crippen LogP contribution in [0.5, 0.6) is 0 Å². The number of aromatic nitrogens is 3. The molecule has 0 amide bonds. The molecule has 3 heteroatoms. The summed E-state index contributed by atoms with van der Waals surface area (Å²) in [6, 6.07) is 39.4. The molecule has 6 rings (SSSR count). The highest BCUT2D eigenvalue weighted by Gasteiger charge is 2.12. The Balaban J connectivity index is 1.55. The predicted octanol–water partition coefficient (Wildman–Crippen LogP) is 7.18. The summed E-state index contributed by atoms with van der Waals surface area (Å²) in [6.07, 6.45) is 0. The van der Waals surface area contributed by atoms with Crippen LogP contribution in [0.2, 0.25) is 0 Å².